The van der Waals surface area contributed by atoms with Crippen molar-refractivity contribution in [3.05, 3.63) is 71.4 Å². The van der Waals surface area contributed by atoms with Crippen molar-refractivity contribution in [2.24, 2.45) is 11.8 Å². The number of carbonyl (C=O) groups is 1. The standard InChI is InChI=1S/C31H29ClN4O/c1-19(20-7-8-20)16-29(37)35-23-12-9-21(10-13-23)31-26(18-33)25-14-11-22(30-27(32)6-3-15-34-30)17-28(25)36(31)24-4-2-5-24/h3,6,9-15,17,19-20,24H,2,4-5,7-8,16H2,1H3,(H,35,37)/t19-/m0/s1. The van der Waals surface area contributed by atoms with Crippen molar-refractivity contribution in [1.29, 1.82) is 5.26 Å². The number of amides is 1. The van der Waals surface area contributed by atoms with Crippen LogP contribution >= 0.6 is 11.6 Å². The largest absolute Gasteiger partial charge is 0.336 e. The normalized spacial score (nSPS) is 16.2. The van der Waals surface area contributed by atoms with Gasteiger partial charge >= 0.3 is 0 Å². The maximum atomic E-state index is 12.5. The number of nitrogens with zero attached hydrogens (tertiary/aromatic N) is 3. The summed E-state index contributed by atoms with van der Waals surface area (Å²) in [5.74, 6) is 1.20. The molecule has 4 aromatic rings. The zero-order valence-corrected chi connectivity index (χ0v) is 21.6. The molecular formula is C31H29ClN4O. The van der Waals surface area contributed by atoms with Crippen LogP contribution in [0.25, 0.3) is 33.4 Å². The molecule has 6 rings (SSSR count). The van der Waals surface area contributed by atoms with E-state index >= 15 is 0 Å². The fourth-order valence-electron chi connectivity index (χ4n) is 5.52. The number of hydrogen-bond donors (Lipinski definition) is 1. The van der Waals surface area contributed by atoms with Gasteiger partial charge in [-0.25, -0.2) is 0 Å². The lowest BCUT2D eigenvalue weighted by molar-refractivity contribution is -0.117. The van der Waals surface area contributed by atoms with E-state index in [9.17, 15) is 10.1 Å². The van der Waals surface area contributed by atoms with Crippen molar-refractivity contribution < 1.29 is 4.79 Å². The highest BCUT2D eigenvalue weighted by atomic mass is 35.5. The molecule has 6 heteroatoms. The Balaban J connectivity index is 1.38. The molecule has 2 heterocycles. The van der Waals surface area contributed by atoms with Crippen LogP contribution < -0.4 is 5.32 Å². The minimum atomic E-state index is 0.0640. The number of nitriles is 1. The van der Waals surface area contributed by atoms with Gasteiger partial charge in [0.25, 0.3) is 0 Å². The minimum absolute atomic E-state index is 0.0640. The van der Waals surface area contributed by atoms with E-state index in [0.29, 0.717) is 34.9 Å². The van der Waals surface area contributed by atoms with E-state index in [-0.39, 0.29) is 5.91 Å². The third-order valence-electron chi connectivity index (χ3n) is 7.96. The number of halogens is 1. The summed E-state index contributed by atoms with van der Waals surface area (Å²) in [5.41, 5.74) is 6.08. The zero-order chi connectivity index (χ0) is 25.5. The zero-order valence-electron chi connectivity index (χ0n) is 20.9. The van der Waals surface area contributed by atoms with Crippen LogP contribution in [0.5, 0.6) is 0 Å². The molecule has 0 aliphatic heterocycles. The summed E-state index contributed by atoms with van der Waals surface area (Å²) in [4.78, 5) is 17.0. The monoisotopic (exact) mass is 508 g/mol. The quantitative estimate of drug-likeness (QED) is 0.275. The number of carbonyl (C=O) groups excluding carboxylic acids is 1. The van der Waals surface area contributed by atoms with E-state index in [1.807, 2.05) is 48.5 Å². The van der Waals surface area contributed by atoms with Crippen LogP contribution in [0.4, 0.5) is 5.69 Å². The summed E-state index contributed by atoms with van der Waals surface area (Å²) >= 11 is 6.46. The number of pyridine rings is 1. The van der Waals surface area contributed by atoms with Gasteiger partial charge in [-0.1, -0.05) is 42.8 Å². The molecular weight excluding hydrogens is 480 g/mol. The average Bonchev–Trinajstić information content (AvgIpc) is 3.67. The first-order chi connectivity index (χ1) is 18.0. The van der Waals surface area contributed by atoms with E-state index in [2.05, 4.69) is 33.9 Å². The first-order valence-corrected chi connectivity index (χ1v) is 13.5. The first-order valence-electron chi connectivity index (χ1n) is 13.1. The predicted molar refractivity (Wildman–Crippen MR) is 148 cm³/mol. The fourth-order valence-corrected chi connectivity index (χ4v) is 5.76. The Bertz CT molecular complexity index is 1520. The third kappa shape index (κ3) is 4.51. The van der Waals surface area contributed by atoms with Gasteiger partial charge < -0.3 is 9.88 Å². The number of rotatable bonds is 7. The number of benzene rings is 2. The molecule has 0 spiro atoms. The molecule has 0 saturated heterocycles. The molecule has 2 aromatic heterocycles. The molecule has 2 aromatic carbocycles. The van der Waals surface area contributed by atoms with Gasteiger partial charge in [0.15, 0.2) is 0 Å². The molecule has 0 bridgehead atoms. The van der Waals surface area contributed by atoms with E-state index < -0.39 is 0 Å². The van der Waals surface area contributed by atoms with Gasteiger partial charge in [-0.15, -0.1) is 0 Å². The number of fused-ring (bicyclic) bond motifs is 1. The molecule has 0 radical (unpaired) electrons. The fraction of sp³-hybridized carbons (Fsp3) is 0.323. The van der Waals surface area contributed by atoms with E-state index in [4.69, 9.17) is 11.6 Å². The molecule has 2 saturated carbocycles. The molecule has 5 nitrogen and oxygen atoms in total. The Morgan fingerprint density at radius 2 is 1.89 bits per heavy atom. The lowest BCUT2D eigenvalue weighted by atomic mass is 9.92. The van der Waals surface area contributed by atoms with E-state index in [1.165, 1.54) is 19.3 Å². The second kappa shape index (κ2) is 9.68. The Kier molecular flexibility index (Phi) is 6.22. The summed E-state index contributed by atoms with van der Waals surface area (Å²) < 4.78 is 2.34. The summed E-state index contributed by atoms with van der Waals surface area (Å²) in [7, 11) is 0. The summed E-state index contributed by atoms with van der Waals surface area (Å²) in [6.07, 6.45) is 8.15. The maximum absolute atomic E-state index is 12.5. The summed E-state index contributed by atoms with van der Waals surface area (Å²) in [5, 5.41) is 14.8. The van der Waals surface area contributed by atoms with Gasteiger partial charge in [-0.2, -0.15) is 5.26 Å². The van der Waals surface area contributed by atoms with Crippen molar-refractivity contribution in [3.8, 4) is 28.6 Å². The number of anilines is 1. The molecule has 186 valence electrons. The van der Waals surface area contributed by atoms with Crippen molar-refractivity contribution in [2.45, 2.75) is 51.5 Å². The van der Waals surface area contributed by atoms with Gasteiger partial charge in [-0.05, 0) is 79.8 Å². The first kappa shape index (κ1) is 23.8. The molecule has 2 fully saturated rings. The Labute approximate surface area is 222 Å². The van der Waals surface area contributed by atoms with Crippen molar-refractivity contribution >= 4 is 34.1 Å². The average molecular weight is 509 g/mol. The molecule has 37 heavy (non-hydrogen) atoms. The van der Waals surface area contributed by atoms with Crippen LogP contribution in [-0.4, -0.2) is 15.5 Å². The van der Waals surface area contributed by atoms with Gasteiger partial charge in [0, 0.05) is 35.3 Å². The SMILES string of the molecule is C[C@@H](CC(=O)Nc1ccc(-c2c(C#N)c3ccc(-c4ncccc4Cl)cc3n2C2CCC2)cc1)C1CC1. The molecule has 2 aliphatic carbocycles. The van der Waals surface area contributed by atoms with Crippen LogP contribution in [-0.2, 0) is 4.79 Å². The van der Waals surface area contributed by atoms with Crippen molar-refractivity contribution in [3.63, 3.8) is 0 Å². The molecule has 1 atom stereocenters. The predicted octanol–water partition coefficient (Wildman–Crippen LogP) is 8.00. The van der Waals surface area contributed by atoms with Crippen LogP contribution in [0.15, 0.2) is 60.8 Å². The summed E-state index contributed by atoms with van der Waals surface area (Å²) in [6.45, 7) is 2.16. The highest BCUT2D eigenvalue weighted by Crippen LogP contribution is 2.44. The highest BCUT2D eigenvalue weighted by molar-refractivity contribution is 6.33. The molecule has 0 unspecified atom stereocenters. The smallest absolute Gasteiger partial charge is 0.224 e. The van der Waals surface area contributed by atoms with Gasteiger partial charge in [0.1, 0.15) is 6.07 Å². The van der Waals surface area contributed by atoms with Crippen LogP contribution in [0.2, 0.25) is 5.02 Å². The topological polar surface area (TPSA) is 70.7 Å². The highest BCUT2D eigenvalue weighted by Gasteiger charge is 2.30. The molecule has 1 amide bonds. The van der Waals surface area contributed by atoms with Crippen LogP contribution in [0, 0.1) is 23.2 Å². The molecule has 2 aliphatic rings. The second-order valence-electron chi connectivity index (χ2n) is 10.5. The Hall–Kier alpha value is -3.62. The Morgan fingerprint density at radius 3 is 2.54 bits per heavy atom. The van der Waals surface area contributed by atoms with Gasteiger partial charge in [-0.3, -0.25) is 9.78 Å². The van der Waals surface area contributed by atoms with Gasteiger partial charge in [0.2, 0.25) is 5.91 Å². The second-order valence-corrected chi connectivity index (χ2v) is 10.9. The van der Waals surface area contributed by atoms with Crippen LogP contribution in [0.1, 0.15) is 57.1 Å². The van der Waals surface area contributed by atoms with Crippen molar-refractivity contribution in [2.75, 3.05) is 5.32 Å². The maximum Gasteiger partial charge on any atom is 0.224 e. The number of nitrogens with one attached hydrogen (secondary N) is 1. The lowest BCUT2D eigenvalue weighted by Crippen LogP contribution is -2.18. The molecule has 1 N–H and O–H groups in total. The Morgan fingerprint density at radius 1 is 1.14 bits per heavy atom. The number of aromatic nitrogens is 2. The number of hydrogen-bond acceptors (Lipinski definition) is 3. The van der Waals surface area contributed by atoms with Crippen LogP contribution in [0.3, 0.4) is 0 Å². The third-order valence-corrected chi connectivity index (χ3v) is 8.27. The minimum Gasteiger partial charge on any atom is -0.336 e. The van der Waals surface area contributed by atoms with Gasteiger partial charge in [0.05, 0.1) is 27.5 Å². The van der Waals surface area contributed by atoms with E-state index in [1.54, 1.807) is 6.20 Å². The lowest BCUT2D eigenvalue weighted by Gasteiger charge is -2.30. The van der Waals surface area contributed by atoms with Crippen molar-refractivity contribution in [1.82, 2.24) is 9.55 Å². The summed E-state index contributed by atoms with van der Waals surface area (Å²) in [6, 6.07) is 20.5. The van der Waals surface area contributed by atoms with E-state index in [0.717, 1.165) is 51.9 Å².